The molecule has 0 aromatic heterocycles. The van der Waals surface area contributed by atoms with Crippen molar-refractivity contribution in [3.8, 4) is 22.6 Å². The molecule has 7 heteroatoms. The SMILES string of the molecule is Cc1ccc(NC(=O)C2(c3ccc4c(c3)OCO4)CC2)cc1-c1ccc(N2C(=O)CCC2=O)cc1. The summed E-state index contributed by atoms with van der Waals surface area (Å²) in [6.07, 6.45) is 2.09. The number of anilines is 2. The molecular formula is C28H24N2O5. The smallest absolute Gasteiger partial charge is 0.235 e. The van der Waals surface area contributed by atoms with Crippen LogP contribution in [0, 0.1) is 6.92 Å². The molecule has 2 fully saturated rings. The first-order chi connectivity index (χ1) is 16.9. The molecule has 7 nitrogen and oxygen atoms in total. The minimum Gasteiger partial charge on any atom is -0.454 e. The Morgan fingerprint density at radius 2 is 1.60 bits per heavy atom. The summed E-state index contributed by atoms with van der Waals surface area (Å²) >= 11 is 0. The highest BCUT2D eigenvalue weighted by Gasteiger charge is 2.51. The van der Waals surface area contributed by atoms with Gasteiger partial charge in [-0.15, -0.1) is 0 Å². The average molecular weight is 469 g/mol. The second-order valence-electron chi connectivity index (χ2n) is 9.30. The minimum absolute atomic E-state index is 0.0347. The van der Waals surface area contributed by atoms with Crippen LogP contribution in [0.4, 0.5) is 11.4 Å². The minimum atomic E-state index is -0.553. The first kappa shape index (κ1) is 21.4. The molecule has 35 heavy (non-hydrogen) atoms. The van der Waals surface area contributed by atoms with Crippen LogP contribution < -0.4 is 19.7 Å². The molecular weight excluding hydrogens is 444 g/mol. The molecule has 176 valence electrons. The number of aryl methyl sites for hydroxylation is 1. The van der Waals surface area contributed by atoms with Crippen LogP contribution in [-0.4, -0.2) is 24.5 Å². The number of carbonyl (C=O) groups excluding carboxylic acids is 3. The van der Waals surface area contributed by atoms with Gasteiger partial charge < -0.3 is 14.8 Å². The molecule has 0 bridgehead atoms. The number of ether oxygens (including phenoxy) is 2. The number of amides is 3. The Hall–Kier alpha value is -4.13. The summed E-state index contributed by atoms with van der Waals surface area (Å²) in [5.41, 5.74) is 4.66. The Kier molecular flexibility index (Phi) is 4.88. The van der Waals surface area contributed by atoms with Crippen molar-refractivity contribution in [2.24, 2.45) is 0 Å². The number of carbonyl (C=O) groups is 3. The van der Waals surface area contributed by atoms with Crippen molar-refractivity contribution in [3.63, 3.8) is 0 Å². The van der Waals surface area contributed by atoms with E-state index in [1.54, 1.807) is 12.1 Å². The van der Waals surface area contributed by atoms with E-state index >= 15 is 0 Å². The number of fused-ring (bicyclic) bond motifs is 1. The van der Waals surface area contributed by atoms with Crippen molar-refractivity contribution in [1.29, 1.82) is 0 Å². The van der Waals surface area contributed by atoms with Crippen LogP contribution in [0.5, 0.6) is 11.5 Å². The van der Waals surface area contributed by atoms with Crippen LogP contribution in [0.3, 0.4) is 0 Å². The molecule has 0 radical (unpaired) electrons. The van der Waals surface area contributed by atoms with E-state index in [0.29, 0.717) is 17.2 Å². The topological polar surface area (TPSA) is 84.9 Å². The van der Waals surface area contributed by atoms with Gasteiger partial charge >= 0.3 is 0 Å². The number of nitrogens with one attached hydrogen (secondary N) is 1. The number of rotatable bonds is 5. The van der Waals surface area contributed by atoms with E-state index in [4.69, 9.17) is 9.47 Å². The van der Waals surface area contributed by atoms with Gasteiger partial charge in [0.2, 0.25) is 24.5 Å². The lowest BCUT2D eigenvalue weighted by molar-refractivity contribution is -0.121. The van der Waals surface area contributed by atoms with Gasteiger partial charge in [0, 0.05) is 18.5 Å². The zero-order valence-electron chi connectivity index (χ0n) is 19.3. The number of hydrogen-bond donors (Lipinski definition) is 1. The number of nitrogens with zero attached hydrogens (tertiary/aromatic N) is 1. The number of imide groups is 1. The first-order valence-electron chi connectivity index (χ1n) is 11.7. The van der Waals surface area contributed by atoms with Crippen molar-refractivity contribution in [3.05, 3.63) is 71.8 Å². The standard InChI is InChI=1S/C28H24N2O5/c1-17-2-6-20(15-22(17)18-3-7-21(8-4-18)30-25(31)10-11-26(30)32)29-27(33)28(12-13-28)19-5-9-23-24(14-19)35-16-34-23/h2-9,14-15H,10-13,16H2,1H3,(H,29,33). The van der Waals surface area contributed by atoms with Crippen molar-refractivity contribution in [2.75, 3.05) is 17.0 Å². The molecule has 6 rings (SSSR count). The van der Waals surface area contributed by atoms with Crippen LogP contribution in [0.25, 0.3) is 11.1 Å². The van der Waals surface area contributed by atoms with Gasteiger partial charge in [-0.1, -0.05) is 24.3 Å². The number of benzene rings is 3. The maximum Gasteiger partial charge on any atom is 0.235 e. The van der Waals surface area contributed by atoms with Gasteiger partial charge in [0.15, 0.2) is 11.5 Å². The van der Waals surface area contributed by atoms with Crippen LogP contribution in [-0.2, 0) is 19.8 Å². The van der Waals surface area contributed by atoms with Gasteiger partial charge in [0.1, 0.15) is 0 Å². The molecule has 3 aromatic carbocycles. The average Bonchev–Trinajstić information content (AvgIpc) is 3.43. The van der Waals surface area contributed by atoms with E-state index in [1.807, 2.05) is 55.5 Å². The van der Waals surface area contributed by atoms with Crippen LogP contribution in [0.2, 0.25) is 0 Å². The third kappa shape index (κ3) is 3.64. The normalized spacial score (nSPS) is 17.6. The lowest BCUT2D eigenvalue weighted by Crippen LogP contribution is -2.28. The lowest BCUT2D eigenvalue weighted by Gasteiger charge is -2.18. The highest BCUT2D eigenvalue weighted by molar-refractivity contribution is 6.19. The van der Waals surface area contributed by atoms with Gasteiger partial charge in [-0.05, 0) is 78.4 Å². The summed E-state index contributed by atoms with van der Waals surface area (Å²) in [5.74, 6) is 1.02. The lowest BCUT2D eigenvalue weighted by atomic mass is 9.94. The zero-order chi connectivity index (χ0) is 24.2. The van der Waals surface area contributed by atoms with Crippen molar-refractivity contribution in [1.82, 2.24) is 0 Å². The molecule has 1 N–H and O–H groups in total. The third-order valence-electron chi connectivity index (χ3n) is 7.09. The summed E-state index contributed by atoms with van der Waals surface area (Å²) in [6.45, 7) is 2.22. The molecule has 1 aliphatic carbocycles. The molecule has 0 atom stereocenters. The molecule has 1 saturated heterocycles. The van der Waals surface area contributed by atoms with E-state index in [-0.39, 0.29) is 37.4 Å². The van der Waals surface area contributed by atoms with Gasteiger partial charge in [-0.25, -0.2) is 0 Å². The second-order valence-corrected chi connectivity index (χ2v) is 9.30. The van der Waals surface area contributed by atoms with Gasteiger partial charge in [-0.2, -0.15) is 0 Å². The monoisotopic (exact) mass is 468 g/mol. The fourth-order valence-corrected chi connectivity index (χ4v) is 4.88. The predicted octanol–water partition coefficient (Wildman–Crippen LogP) is 4.71. The van der Waals surface area contributed by atoms with Crippen LogP contribution in [0.15, 0.2) is 60.7 Å². The molecule has 3 aliphatic rings. The molecule has 0 unspecified atom stereocenters. The fourth-order valence-electron chi connectivity index (χ4n) is 4.88. The molecule has 3 amide bonds. The van der Waals surface area contributed by atoms with Crippen molar-refractivity contribution in [2.45, 2.75) is 38.0 Å². The van der Waals surface area contributed by atoms with E-state index in [1.165, 1.54) is 4.90 Å². The molecule has 2 aliphatic heterocycles. The molecule has 1 saturated carbocycles. The van der Waals surface area contributed by atoms with Crippen molar-refractivity contribution < 1.29 is 23.9 Å². The fraction of sp³-hybridized carbons (Fsp3) is 0.250. The molecule has 2 heterocycles. The maximum absolute atomic E-state index is 13.3. The van der Waals surface area contributed by atoms with E-state index in [2.05, 4.69) is 5.32 Å². The van der Waals surface area contributed by atoms with Gasteiger partial charge in [-0.3, -0.25) is 19.3 Å². The summed E-state index contributed by atoms with van der Waals surface area (Å²) in [7, 11) is 0. The van der Waals surface area contributed by atoms with Gasteiger partial charge in [0.05, 0.1) is 11.1 Å². The largest absolute Gasteiger partial charge is 0.454 e. The zero-order valence-corrected chi connectivity index (χ0v) is 19.3. The highest BCUT2D eigenvalue weighted by atomic mass is 16.7. The Morgan fingerprint density at radius 3 is 2.31 bits per heavy atom. The summed E-state index contributed by atoms with van der Waals surface area (Å²) in [5, 5.41) is 3.11. The Labute approximate surface area is 202 Å². The molecule has 3 aromatic rings. The van der Waals surface area contributed by atoms with E-state index in [0.717, 1.165) is 40.8 Å². The quantitative estimate of drug-likeness (QED) is 0.548. The van der Waals surface area contributed by atoms with Gasteiger partial charge in [0.25, 0.3) is 0 Å². The second kappa shape index (κ2) is 7.98. The predicted molar refractivity (Wildman–Crippen MR) is 130 cm³/mol. The highest BCUT2D eigenvalue weighted by Crippen LogP contribution is 2.51. The van der Waals surface area contributed by atoms with Crippen LogP contribution >= 0.6 is 0 Å². The van der Waals surface area contributed by atoms with Crippen molar-refractivity contribution >= 4 is 29.1 Å². The summed E-state index contributed by atoms with van der Waals surface area (Å²) in [6, 6.07) is 18.9. The first-order valence-corrected chi connectivity index (χ1v) is 11.7. The van der Waals surface area contributed by atoms with E-state index in [9.17, 15) is 14.4 Å². The number of hydrogen-bond acceptors (Lipinski definition) is 5. The Bertz CT molecular complexity index is 1360. The maximum atomic E-state index is 13.3. The summed E-state index contributed by atoms with van der Waals surface area (Å²) in [4.78, 5) is 38.7. The Morgan fingerprint density at radius 1 is 0.886 bits per heavy atom. The van der Waals surface area contributed by atoms with Crippen LogP contribution in [0.1, 0.15) is 36.8 Å². The summed E-state index contributed by atoms with van der Waals surface area (Å²) < 4.78 is 10.9. The Balaban J connectivity index is 1.23. The molecule has 0 spiro atoms. The van der Waals surface area contributed by atoms with E-state index < -0.39 is 5.41 Å². The third-order valence-corrected chi connectivity index (χ3v) is 7.09.